The van der Waals surface area contributed by atoms with Crippen LogP contribution in [0.3, 0.4) is 0 Å². The molecule has 2 rings (SSSR count). The number of aromatic nitrogens is 2. The van der Waals surface area contributed by atoms with Crippen LogP contribution >= 0.6 is 0 Å². The Hall–Kier alpha value is -0.830. The first-order valence-electron chi connectivity index (χ1n) is 7.04. The predicted octanol–water partition coefficient (Wildman–Crippen LogP) is 3.13. The van der Waals surface area contributed by atoms with Gasteiger partial charge in [-0.1, -0.05) is 33.1 Å². The Morgan fingerprint density at radius 3 is 2.94 bits per heavy atom. The van der Waals surface area contributed by atoms with Gasteiger partial charge < -0.3 is 5.32 Å². The van der Waals surface area contributed by atoms with Crippen LogP contribution in [0.4, 0.5) is 0 Å². The molecule has 1 saturated carbocycles. The third kappa shape index (κ3) is 3.56. The van der Waals surface area contributed by atoms with Crippen molar-refractivity contribution < 1.29 is 0 Å². The number of nitrogens with zero attached hydrogens (tertiary/aromatic N) is 2. The second-order valence-electron chi connectivity index (χ2n) is 5.37. The van der Waals surface area contributed by atoms with Gasteiger partial charge in [-0.2, -0.15) is 5.10 Å². The Morgan fingerprint density at radius 2 is 2.24 bits per heavy atom. The van der Waals surface area contributed by atoms with Crippen molar-refractivity contribution in [3.05, 3.63) is 18.0 Å². The van der Waals surface area contributed by atoms with E-state index >= 15 is 0 Å². The van der Waals surface area contributed by atoms with Gasteiger partial charge in [-0.3, -0.25) is 4.68 Å². The zero-order valence-electron chi connectivity index (χ0n) is 11.2. The van der Waals surface area contributed by atoms with Gasteiger partial charge in [0.25, 0.3) is 0 Å². The van der Waals surface area contributed by atoms with Gasteiger partial charge in [-0.05, 0) is 31.4 Å². The van der Waals surface area contributed by atoms with Crippen LogP contribution in [0.15, 0.2) is 12.3 Å². The van der Waals surface area contributed by atoms with Crippen molar-refractivity contribution in [2.45, 2.75) is 58.5 Å². The van der Waals surface area contributed by atoms with Crippen LogP contribution in [-0.4, -0.2) is 16.3 Å². The van der Waals surface area contributed by atoms with Crippen LogP contribution in [0.2, 0.25) is 0 Å². The second-order valence-corrected chi connectivity index (χ2v) is 5.37. The van der Waals surface area contributed by atoms with Gasteiger partial charge in [0.2, 0.25) is 0 Å². The molecule has 0 saturated heterocycles. The highest BCUT2D eigenvalue weighted by atomic mass is 15.3. The SMILES string of the molecule is CCC(C)CNCc1ccn(C2CCCC2)n1. The molecule has 1 N–H and O–H groups in total. The quantitative estimate of drug-likeness (QED) is 0.821. The summed E-state index contributed by atoms with van der Waals surface area (Å²) in [5.41, 5.74) is 1.18. The van der Waals surface area contributed by atoms with E-state index in [1.165, 1.54) is 37.8 Å². The average molecular weight is 235 g/mol. The van der Waals surface area contributed by atoms with Gasteiger partial charge in [0.15, 0.2) is 0 Å². The highest BCUT2D eigenvalue weighted by molar-refractivity contribution is 4.99. The molecule has 0 spiro atoms. The molecule has 1 aliphatic rings. The van der Waals surface area contributed by atoms with Crippen molar-refractivity contribution >= 4 is 0 Å². The van der Waals surface area contributed by atoms with Gasteiger partial charge in [0, 0.05) is 12.7 Å². The molecular weight excluding hydrogens is 210 g/mol. The smallest absolute Gasteiger partial charge is 0.0762 e. The monoisotopic (exact) mass is 235 g/mol. The van der Waals surface area contributed by atoms with E-state index in [0.717, 1.165) is 19.0 Å². The first-order chi connectivity index (χ1) is 8.29. The molecule has 3 heteroatoms. The van der Waals surface area contributed by atoms with E-state index < -0.39 is 0 Å². The molecule has 0 amide bonds. The largest absolute Gasteiger partial charge is 0.311 e. The highest BCUT2D eigenvalue weighted by Crippen LogP contribution is 2.28. The molecule has 1 unspecified atom stereocenters. The van der Waals surface area contributed by atoms with Crippen molar-refractivity contribution in [3.63, 3.8) is 0 Å². The zero-order valence-corrected chi connectivity index (χ0v) is 11.2. The van der Waals surface area contributed by atoms with E-state index in [1.54, 1.807) is 0 Å². The van der Waals surface area contributed by atoms with E-state index in [-0.39, 0.29) is 0 Å². The van der Waals surface area contributed by atoms with Gasteiger partial charge >= 0.3 is 0 Å². The zero-order chi connectivity index (χ0) is 12.1. The van der Waals surface area contributed by atoms with Crippen LogP contribution in [0, 0.1) is 5.92 Å². The van der Waals surface area contributed by atoms with Gasteiger partial charge in [-0.15, -0.1) is 0 Å². The molecular formula is C14H25N3. The highest BCUT2D eigenvalue weighted by Gasteiger charge is 2.17. The van der Waals surface area contributed by atoms with Crippen LogP contribution in [-0.2, 0) is 6.54 Å². The van der Waals surface area contributed by atoms with Crippen LogP contribution in [0.1, 0.15) is 57.7 Å². The summed E-state index contributed by atoms with van der Waals surface area (Å²) < 4.78 is 2.17. The number of hydrogen-bond donors (Lipinski definition) is 1. The molecule has 1 aromatic rings. The molecule has 1 heterocycles. The van der Waals surface area contributed by atoms with Gasteiger partial charge in [0.1, 0.15) is 0 Å². The maximum atomic E-state index is 4.67. The lowest BCUT2D eigenvalue weighted by molar-refractivity contribution is 0.456. The molecule has 1 aliphatic carbocycles. The summed E-state index contributed by atoms with van der Waals surface area (Å²) in [6.45, 7) is 6.52. The van der Waals surface area contributed by atoms with E-state index in [2.05, 4.69) is 41.2 Å². The molecule has 17 heavy (non-hydrogen) atoms. The fraction of sp³-hybridized carbons (Fsp3) is 0.786. The van der Waals surface area contributed by atoms with Crippen molar-refractivity contribution in [1.82, 2.24) is 15.1 Å². The first-order valence-corrected chi connectivity index (χ1v) is 7.04. The lowest BCUT2D eigenvalue weighted by Crippen LogP contribution is -2.20. The van der Waals surface area contributed by atoms with E-state index in [1.807, 2.05) is 0 Å². The Balaban J connectivity index is 1.77. The van der Waals surface area contributed by atoms with Crippen LogP contribution < -0.4 is 5.32 Å². The topological polar surface area (TPSA) is 29.9 Å². The van der Waals surface area contributed by atoms with Crippen molar-refractivity contribution in [3.8, 4) is 0 Å². The van der Waals surface area contributed by atoms with E-state index in [9.17, 15) is 0 Å². The molecule has 0 radical (unpaired) electrons. The van der Waals surface area contributed by atoms with Gasteiger partial charge in [-0.25, -0.2) is 0 Å². The maximum Gasteiger partial charge on any atom is 0.0762 e. The number of hydrogen-bond acceptors (Lipinski definition) is 2. The fourth-order valence-electron chi connectivity index (χ4n) is 2.43. The molecule has 1 aromatic heterocycles. The first kappa shape index (κ1) is 12.6. The summed E-state index contributed by atoms with van der Waals surface area (Å²) in [5.74, 6) is 0.756. The summed E-state index contributed by atoms with van der Waals surface area (Å²) in [6, 6.07) is 2.82. The Morgan fingerprint density at radius 1 is 1.47 bits per heavy atom. The Kier molecular flexibility index (Phi) is 4.60. The molecule has 1 atom stereocenters. The van der Waals surface area contributed by atoms with Gasteiger partial charge in [0.05, 0.1) is 11.7 Å². The molecule has 0 bridgehead atoms. The fourth-order valence-corrected chi connectivity index (χ4v) is 2.43. The molecule has 0 aliphatic heterocycles. The summed E-state index contributed by atoms with van der Waals surface area (Å²) >= 11 is 0. The predicted molar refractivity (Wildman–Crippen MR) is 70.9 cm³/mol. The summed E-state index contributed by atoms with van der Waals surface area (Å²) in [4.78, 5) is 0. The summed E-state index contributed by atoms with van der Waals surface area (Å²) in [6.07, 6.45) is 8.74. The average Bonchev–Trinajstić information content (AvgIpc) is 2.98. The van der Waals surface area contributed by atoms with Crippen molar-refractivity contribution in [1.29, 1.82) is 0 Å². The summed E-state index contributed by atoms with van der Waals surface area (Å²) in [5, 5.41) is 8.15. The molecule has 1 fully saturated rings. The number of rotatable bonds is 6. The molecule has 96 valence electrons. The molecule has 0 aromatic carbocycles. The normalized spacial score (nSPS) is 18.7. The Bertz CT molecular complexity index is 326. The van der Waals surface area contributed by atoms with E-state index in [0.29, 0.717) is 6.04 Å². The maximum absolute atomic E-state index is 4.67. The standard InChI is InChI=1S/C14H25N3/c1-3-12(2)10-15-11-13-8-9-17(16-13)14-6-4-5-7-14/h8-9,12,14-15H,3-7,10-11H2,1-2H3. The lowest BCUT2D eigenvalue weighted by atomic mass is 10.1. The second kappa shape index (κ2) is 6.20. The van der Waals surface area contributed by atoms with E-state index in [4.69, 9.17) is 0 Å². The third-order valence-electron chi connectivity index (χ3n) is 3.86. The summed E-state index contributed by atoms with van der Waals surface area (Å²) in [7, 11) is 0. The minimum Gasteiger partial charge on any atom is -0.311 e. The number of nitrogens with one attached hydrogen (secondary N) is 1. The third-order valence-corrected chi connectivity index (χ3v) is 3.86. The lowest BCUT2D eigenvalue weighted by Gasteiger charge is -2.10. The van der Waals surface area contributed by atoms with Crippen LogP contribution in [0.5, 0.6) is 0 Å². The minimum atomic E-state index is 0.665. The van der Waals surface area contributed by atoms with Crippen molar-refractivity contribution in [2.75, 3.05) is 6.54 Å². The molecule has 3 nitrogen and oxygen atoms in total. The minimum absolute atomic E-state index is 0.665. The Labute approximate surface area is 105 Å². The van der Waals surface area contributed by atoms with Crippen LogP contribution in [0.25, 0.3) is 0 Å². The van der Waals surface area contributed by atoms with Crippen molar-refractivity contribution in [2.24, 2.45) is 5.92 Å².